The molecule has 150 valence electrons. The van der Waals surface area contributed by atoms with E-state index in [1.165, 1.54) is 6.92 Å². The molecule has 0 spiro atoms. The smallest absolute Gasteiger partial charge is 0.247 e. The molecule has 2 aromatic carbocycles. The van der Waals surface area contributed by atoms with Crippen molar-refractivity contribution in [1.29, 1.82) is 0 Å². The van der Waals surface area contributed by atoms with Crippen LogP contribution in [0.1, 0.15) is 64.5 Å². The lowest BCUT2D eigenvalue weighted by Gasteiger charge is -2.31. The first-order valence-corrected chi connectivity index (χ1v) is 10.0. The predicted molar refractivity (Wildman–Crippen MR) is 117 cm³/mol. The van der Waals surface area contributed by atoms with Crippen molar-refractivity contribution in [2.75, 3.05) is 22.9 Å². The average Bonchev–Trinajstić information content (AvgIpc) is 2.66. The lowest BCUT2D eigenvalue weighted by molar-refractivity contribution is -0.121. The van der Waals surface area contributed by atoms with Crippen LogP contribution in [0.2, 0.25) is 0 Å². The Kier molecular flexibility index (Phi) is 7.38. The Hall–Kier alpha value is -2.62. The second-order valence-corrected chi connectivity index (χ2v) is 7.67. The summed E-state index contributed by atoms with van der Waals surface area (Å²) >= 11 is 0. The van der Waals surface area contributed by atoms with Gasteiger partial charge in [0, 0.05) is 19.2 Å². The maximum atomic E-state index is 13.2. The molecule has 2 aromatic rings. The third kappa shape index (κ3) is 4.80. The number of likely N-dealkylation sites (N-methyl/N-ethyl adjacent to an activating group) is 1. The number of amides is 2. The van der Waals surface area contributed by atoms with Crippen molar-refractivity contribution in [3.8, 4) is 0 Å². The molecule has 0 saturated heterocycles. The first-order valence-electron chi connectivity index (χ1n) is 10.0. The molecule has 0 radical (unpaired) electrons. The monoisotopic (exact) mass is 380 g/mol. The van der Waals surface area contributed by atoms with Crippen molar-refractivity contribution in [2.24, 2.45) is 0 Å². The molecule has 0 atom stereocenters. The van der Waals surface area contributed by atoms with E-state index in [1.807, 2.05) is 43.3 Å². The number of carbonyl (C=O) groups is 2. The van der Waals surface area contributed by atoms with Gasteiger partial charge in [-0.2, -0.15) is 0 Å². The van der Waals surface area contributed by atoms with Crippen LogP contribution in [0, 0.1) is 0 Å². The molecule has 0 aliphatic heterocycles. The van der Waals surface area contributed by atoms with Gasteiger partial charge in [0.2, 0.25) is 11.8 Å². The number of benzene rings is 2. The van der Waals surface area contributed by atoms with E-state index in [2.05, 4.69) is 39.8 Å². The van der Waals surface area contributed by atoms with Crippen molar-refractivity contribution < 1.29 is 9.59 Å². The maximum Gasteiger partial charge on any atom is 0.247 e. The summed E-state index contributed by atoms with van der Waals surface area (Å²) in [4.78, 5) is 29.2. The zero-order valence-corrected chi connectivity index (χ0v) is 17.9. The maximum absolute atomic E-state index is 13.2. The summed E-state index contributed by atoms with van der Waals surface area (Å²) in [6.07, 6.45) is 0. The van der Waals surface area contributed by atoms with E-state index in [0.717, 1.165) is 22.5 Å². The van der Waals surface area contributed by atoms with E-state index in [4.69, 9.17) is 0 Å². The highest BCUT2D eigenvalue weighted by Gasteiger charge is 2.26. The predicted octanol–water partition coefficient (Wildman–Crippen LogP) is 5.34. The fraction of sp³-hybridized carbons (Fsp3) is 0.417. The third-order valence-corrected chi connectivity index (χ3v) is 4.97. The van der Waals surface area contributed by atoms with Crippen LogP contribution in [0.15, 0.2) is 48.5 Å². The Labute approximate surface area is 169 Å². The SMILES string of the molecule is CCN(C(=O)CN(C(C)=O)c1c(C(C)C)cccc1C(C)C)c1ccccc1. The Bertz CT molecular complexity index is 786. The molecule has 0 aromatic heterocycles. The van der Waals surface area contributed by atoms with E-state index in [9.17, 15) is 9.59 Å². The molecule has 0 saturated carbocycles. The summed E-state index contributed by atoms with van der Waals surface area (Å²) in [5.41, 5.74) is 3.92. The molecular formula is C24H32N2O2. The second-order valence-electron chi connectivity index (χ2n) is 7.67. The summed E-state index contributed by atoms with van der Waals surface area (Å²) in [7, 11) is 0. The molecule has 4 heteroatoms. The fourth-order valence-corrected chi connectivity index (χ4v) is 3.50. The average molecular weight is 381 g/mol. The Morgan fingerprint density at radius 1 is 0.821 bits per heavy atom. The third-order valence-electron chi connectivity index (χ3n) is 4.97. The van der Waals surface area contributed by atoms with Crippen LogP contribution in [0.25, 0.3) is 0 Å². The lowest BCUT2D eigenvalue weighted by atomic mass is 9.91. The summed E-state index contributed by atoms with van der Waals surface area (Å²) in [6.45, 7) is 12.5. The zero-order chi connectivity index (χ0) is 20.8. The van der Waals surface area contributed by atoms with Crippen molar-refractivity contribution >= 4 is 23.2 Å². The number of nitrogens with zero attached hydrogens (tertiary/aromatic N) is 2. The minimum absolute atomic E-state index is 0.0293. The molecule has 0 unspecified atom stereocenters. The van der Waals surface area contributed by atoms with Gasteiger partial charge < -0.3 is 9.80 Å². The van der Waals surface area contributed by atoms with E-state index in [-0.39, 0.29) is 30.2 Å². The largest absolute Gasteiger partial charge is 0.311 e. The number of para-hydroxylation sites is 2. The highest BCUT2D eigenvalue weighted by molar-refractivity contribution is 6.03. The van der Waals surface area contributed by atoms with E-state index >= 15 is 0 Å². The molecule has 0 N–H and O–H groups in total. The highest BCUT2D eigenvalue weighted by atomic mass is 16.2. The van der Waals surface area contributed by atoms with Crippen molar-refractivity contribution in [2.45, 2.75) is 53.4 Å². The summed E-state index contributed by atoms with van der Waals surface area (Å²) in [5, 5.41) is 0. The van der Waals surface area contributed by atoms with Gasteiger partial charge in [0.15, 0.2) is 0 Å². The Morgan fingerprint density at radius 2 is 1.36 bits per heavy atom. The number of hydrogen-bond donors (Lipinski definition) is 0. The van der Waals surface area contributed by atoms with Crippen LogP contribution >= 0.6 is 0 Å². The first kappa shape index (κ1) is 21.7. The number of anilines is 2. The van der Waals surface area contributed by atoms with Crippen molar-refractivity contribution in [3.63, 3.8) is 0 Å². The molecule has 0 bridgehead atoms. The van der Waals surface area contributed by atoms with Gasteiger partial charge in [0.1, 0.15) is 6.54 Å². The van der Waals surface area contributed by atoms with Gasteiger partial charge in [-0.15, -0.1) is 0 Å². The lowest BCUT2D eigenvalue weighted by Crippen LogP contribution is -2.43. The molecule has 0 aliphatic carbocycles. The summed E-state index contributed by atoms with van der Waals surface area (Å²) in [6, 6.07) is 15.7. The number of carbonyl (C=O) groups excluding carboxylic acids is 2. The van der Waals surface area contributed by atoms with E-state index < -0.39 is 0 Å². The molecule has 28 heavy (non-hydrogen) atoms. The molecule has 4 nitrogen and oxygen atoms in total. The van der Waals surface area contributed by atoms with Crippen molar-refractivity contribution in [3.05, 3.63) is 59.7 Å². The Morgan fingerprint density at radius 3 is 1.79 bits per heavy atom. The molecular weight excluding hydrogens is 348 g/mol. The van der Waals surface area contributed by atoms with Crippen LogP contribution in [0.5, 0.6) is 0 Å². The molecule has 0 heterocycles. The summed E-state index contributed by atoms with van der Waals surface area (Å²) < 4.78 is 0. The molecule has 0 aliphatic rings. The molecule has 2 amide bonds. The van der Waals surface area contributed by atoms with Crippen LogP contribution in [-0.2, 0) is 9.59 Å². The van der Waals surface area contributed by atoms with Crippen LogP contribution < -0.4 is 9.80 Å². The van der Waals surface area contributed by atoms with Gasteiger partial charge in [-0.05, 0) is 42.0 Å². The number of hydrogen-bond acceptors (Lipinski definition) is 2. The van der Waals surface area contributed by atoms with E-state index in [0.29, 0.717) is 6.54 Å². The zero-order valence-electron chi connectivity index (χ0n) is 17.9. The van der Waals surface area contributed by atoms with Crippen LogP contribution in [-0.4, -0.2) is 24.9 Å². The fourth-order valence-electron chi connectivity index (χ4n) is 3.50. The molecule has 0 fully saturated rings. The first-order chi connectivity index (χ1) is 13.3. The minimum Gasteiger partial charge on any atom is -0.311 e. The van der Waals surface area contributed by atoms with Gasteiger partial charge in [0.05, 0.1) is 5.69 Å². The quantitative estimate of drug-likeness (QED) is 0.650. The van der Waals surface area contributed by atoms with Crippen molar-refractivity contribution in [1.82, 2.24) is 0 Å². The standard InChI is InChI=1S/C24H32N2O2/c1-7-25(20-12-9-8-10-13-20)23(28)16-26(19(6)27)24-21(17(2)3)14-11-15-22(24)18(4)5/h8-15,17-18H,7,16H2,1-6H3. The van der Waals surface area contributed by atoms with Crippen LogP contribution in [0.3, 0.4) is 0 Å². The summed E-state index contributed by atoms with van der Waals surface area (Å²) in [5.74, 6) is 0.300. The van der Waals surface area contributed by atoms with Gasteiger partial charge in [0.25, 0.3) is 0 Å². The van der Waals surface area contributed by atoms with Gasteiger partial charge in [-0.1, -0.05) is 64.1 Å². The normalized spacial score (nSPS) is 11.0. The molecule has 2 rings (SSSR count). The number of rotatable bonds is 7. The van der Waals surface area contributed by atoms with Crippen LogP contribution in [0.4, 0.5) is 11.4 Å². The topological polar surface area (TPSA) is 40.6 Å². The second kappa shape index (κ2) is 9.54. The minimum atomic E-state index is -0.118. The van der Waals surface area contributed by atoms with Gasteiger partial charge in [-0.25, -0.2) is 0 Å². The van der Waals surface area contributed by atoms with Gasteiger partial charge >= 0.3 is 0 Å². The van der Waals surface area contributed by atoms with E-state index in [1.54, 1.807) is 9.80 Å². The highest BCUT2D eigenvalue weighted by Crippen LogP contribution is 2.35. The van der Waals surface area contributed by atoms with Gasteiger partial charge in [-0.3, -0.25) is 9.59 Å². The Balaban J connectivity index is 2.47.